The summed E-state index contributed by atoms with van der Waals surface area (Å²) in [6, 6.07) is 1.92. The maximum absolute atomic E-state index is 10.5. The summed E-state index contributed by atoms with van der Waals surface area (Å²) in [5.74, 6) is -0.173. The second-order valence-corrected chi connectivity index (χ2v) is 7.18. The highest BCUT2D eigenvalue weighted by Gasteiger charge is 2.08. The van der Waals surface area contributed by atoms with Crippen LogP contribution in [0.1, 0.15) is 10.4 Å². The average Bonchev–Trinajstić information content (AvgIpc) is 3.03. The van der Waals surface area contributed by atoms with E-state index in [2.05, 4.69) is 10.2 Å². The van der Waals surface area contributed by atoms with Crippen molar-refractivity contribution in [2.24, 2.45) is 0 Å². The average molecular weight is 327 g/mol. The second-order valence-electron chi connectivity index (χ2n) is 4.00. The maximum atomic E-state index is 10.5. The minimum Gasteiger partial charge on any atom is -0.478 e. The van der Waals surface area contributed by atoms with Gasteiger partial charge in [-0.3, -0.25) is 0 Å². The lowest BCUT2D eigenvalue weighted by molar-refractivity contribution is -0.131. The summed E-state index contributed by atoms with van der Waals surface area (Å²) >= 11 is 4.77. The molecule has 2 aromatic rings. The molecule has 2 rings (SSSR count). The Bertz CT molecular complexity index is 619. The molecule has 0 radical (unpaired) electrons. The summed E-state index contributed by atoms with van der Waals surface area (Å²) in [6.07, 6.45) is 2.78. The number of hydrogen-bond donors (Lipinski definition) is 1. The molecule has 0 saturated heterocycles. The molecular formula is C12H13N3O2S3. The molecule has 0 aliphatic carbocycles. The number of nitrogens with zero attached hydrogens (tertiary/aromatic N) is 3. The Morgan fingerprint density at radius 1 is 1.50 bits per heavy atom. The first-order valence-electron chi connectivity index (χ1n) is 5.67. The van der Waals surface area contributed by atoms with Crippen LogP contribution >= 0.6 is 34.4 Å². The molecule has 0 spiro atoms. The molecular weight excluding hydrogens is 314 g/mol. The molecule has 2 heterocycles. The lowest BCUT2D eigenvalue weighted by Crippen LogP contribution is -2.07. The summed E-state index contributed by atoms with van der Waals surface area (Å²) in [4.78, 5) is 13.6. The monoisotopic (exact) mass is 327 g/mol. The summed E-state index contributed by atoms with van der Waals surface area (Å²) in [5, 5.41) is 19.7. The van der Waals surface area contributed by atoms with Crippen LogP contribution < -0.4 is 4.90 Å². The number of carboxylic acids is 1. The maximum Gasteiger partial charge on any atom is 0.328 e. The quantitative estimate of drug-likeness (QED) is 0.650. The fraction of sp³-hybridized carbons (Fsp3) is 0.250. The van der Waals surface area contributed by atoms with Crippen LogP contribution in [0.25, 0.3) is 6.08 Å². The van der Waals surface area contributed by atoms with Gasteiger partial charge in [-0.1, -0.05) is 23.1 Å². The summed E-state index contributed by atoms with van der Waals surface area (Å²) in [6.45, 7) is 0. The third-order valence-corrected chi connectivity index (χ3v) is 5.66. The number of anilines is 1. The topological polar surface area (TPSA) is 66.3 Å². The highest BCUT2D eigenvalue weighted by atomic mass is 32.2. The zero-order chi connectivity index (χ0) is 14.5. The Labute approximate surface area is 129 Å². The van der Waals surface area contributed by atoms with Gasteiger partial charge in [-0.05, 0) is 23.1 Å². The molecule has 0 fully saturated rings. The molecule has 8 heteroatoms. The number of carbonyl (C=O) groups is 1. The van der Waals surface area contributed by atoms with E-state index in [1.807, 2.05) is 30.4 Å². The van der Waals surface area contributed by atoms with E-state index in [0.717, 1.165) is 31.7 Å². The smallest absolute Gasteiger partial charge is 0.328 e. The van der Waals surface area contributed by atoms with E-state index < -0.39 is 5.97 Å². The highest BCUT2D eigenvalue weighted by molar-refractivity contribution is 8.00. The number of aliphatic carboxylic acids is 1. The van der Waals surface area contributed by atoms with Crippen LogP contribution in [-0.4, -0.2) is 35.4 Å². The fourth-order valence-corrected chi connectivity index (χ4v) is 4.10. The Balaban J connectivity index is 2.00. The van der Waals surface area contributed by atoms with Gasteiger partial charge in [0.2, 0.25) is 5.13 Å². The Kier molecular flexibility index (Phi) is 5.16. The predicted octanol–water partition coefficient (Wildman–Crippen LogP) is 3.06. The molecule has 0 amide bonds. The lowest BCUT2D eigenvalue weighted by Gasteiger charge is -2.03. The van der Waals surface area contributed by atoms with Crippen LogP contribution in [0.4, 0.5) is 5.13 Å². The van der Waals surface area contributed by atoms with Crippen molar-refractivity contribution in [1.29, 1.82) is 0 Å². The van der Waals surface area contributed by atoms with E-state index in [1.54, 1.807) is 40.5 Å². The van der Waals surface area contributed by atoms with Gasteiger partial charge >= 0.3 is 5.97 Å². The van der Waals surface area contributed by atoms with E-state index in [0.29, 0.717) is 0 Å². The molecule has 20 heavy (non-hydrogen) atoms. The Morgan fingerprint density at radius 2 is 2.30 bits per heavy atom. The van der Waals surface area contributed by atoms with Gasteiger partial charge in [0, 0.05) is 30.8 Å². The molecule has 1 N–H and O–H groups in total. The molecule has 0 atom stereocenters. The summed E-state index contributed by atoms with van der Waals surface area (Å²) in [5.41, 5.74) is 0.947. The van der Waals surface area contributed by atoms with Gasteiger partial charge in [-0.15, -0.1) is 21.5 Å². The van der Waals surface area contributed by atoms with Crippen LogP contribution in [0, 0.1) is 0 Å². The van der Waals surface area contributed by atoms with Gasteiger partial charge in [-0.25, -0.2) is 4.79 Å². The molecule has 0 bridgehead atoms. The van der Waals surface area contributed by atoms with Crippen molar-refractivity contribution in [3.8, 4) is 0 Å². The van der Waals surface area contributed by atoms with E-state index in [9.17, 15) is 4.79 Å². The second kappa shape index (κ2) is 6.87. The zero-order valence-electron chi connectivity index (χ0n) is 10.9. The summed E-state index contributed by atoms with van der Waals surface area (Å²) < 4.78 is 0.912. The van der Waals surface area contributed by atoms with Crippen molar-refractivity contribution >= 4 is 51.6 Å². The number of thiophene rings is 1. The minimum atomic E-state index is -0.936. The minimum absolute atomic E-state index is 0.763. The van der Waals surface area contributed by atoms with Crippen LogP contribution in [0.5, 0.6) is 0 Å². The number of thioether (sulfide) groups is 1. The van der Waals surface area contributed by atoms with Gasteiger partial charge < -0.3 is 10.0 Å². The van der Waals surface area contributed by atoms with Gasteiger partial charge in [-0.2, -0.15) is 0 Å². The van der Waals surface area contributed by atoms with Crippen LogP contribution in [0.15, 0.2) is 21.9 Å². The largest absolute Gasteiger partial charge is 0.478 e. The molecule has 106 valence electrons. The molecule has 0 unspecified atom stereocenters. The number of rotatable bonds is 6. The highest BCUT2D eigenvalue weighted by Crippen LogP contribution is 2.32. The van der Waals surface area contributed by atoms with E-state index >= 15 is 0 Å². The number of hydrogen-bond acceptors (Lipinski definition) is 7. The zero-order valence-corrected chi connectivity index (χ0v) is 13.4. The van der Waals surface area contributed by atoms with Crippen LogP contribution in [0.3, 0.4) is 0 Å². The molecule has 2 aromatic heterocycles. The van der Waals surface area contributed by atoms with Gasteiger partial charge in [0.05, 0.1) is 0 Å². The molecule has 5 nitrogen and oxygen atoms in total. The van der Waals surface area contributed by atoms with Crippen molar-refractivity contribution in [1.82, 2.24) is 10.2 Å². The number of aromatic nitrogens is 2. The van der Waals surface area contributed by atoms with E-state index in [1.165, 1.54) is 0 Å². The van der Waals surface area contributed by atoms with Crippen LogP contribution in [0.2, 0.25) is 0 Å². The SMILES string of the molecule is CN(C)c1nnc(SCc2sccc2C=CC(=O)O)s1. The van der Waals surface area contributed by atoms with Crippen molar-refractivity contribution < 1.29 is 9.90 Å². The predicted molar refractivity (Wildman–Crippen MR) is 84.8 cm³/mol. The van der Waals surface area contributed by atoms with Crippen molar-refractivity contribution in [2.45, 2.75) is 10.1 Å². The number of carboxylic acid groups (broad SMARTS) is 1. The van der Waals surface area contributed by atoms with Gasteiger partial charge in [0.15, 0.2) is 4.34 Å². The first kappa shape index (κ1) is 15.0. The van der Waals surface area contributed by atoms with Gasteiger partial charge in [0.1, 0.15) is 0 Å². The molecule has 0 aliphatic heterocycles. The van der Waals surface area contributed by atoms with Crippen molar-refractivity contribution in [3.63, 3.8) is 0 Å². The third kappa shape index (κ3) is 4.06. The standard InChI is InChI=1S/C12H13N3O2S3/c1-15(2)11-13-14-12(20-11)19-7-9-8(5-6-18-9)3-4-10(16)17/h3-6H,7H2,1-2H3,(H,16,17). The molecule has 0 saturated carbocycles. The fourth-order valence-electron chi connectivity index (χ4n) is 1.35. The van der Waals surface area contributed by atoms with E-state index in [4.69, 9.17) is 5.11 Å². The van der Waals surface area contributed by atoms with E-state index in [-0.39, 0.29) is 0 Å². The van der Waals surface area contributed by atoms with Crippen molar-refractivity contribution in [3.05, 3.63) is 28.0 Å². The van der Waals surface area contributed by atoms with Crippen LogP contribution in [-0.2, 0) is 10.5 Å². The van der Waals surface area contributed by atoms with Gasteiger partial charge in [0.25, 0.3) is 0 Å². The van der Waals surface area contributed by atoms with Crippen molar-refractivity contribution in [2.75, 3.05) is 19.0 Å². The first-order chi connectivity index (χ1) is 9.56. The summed E-state index contributed by atoms with van der Waals surface area (Å²) in [7, 11) is 3.87. The normalized spacial score (nSPS) is 11.1. The first-order valence-corrected chi connectivity index (χ1v) is 8.35. The third-order valence-electron chi connectivity index (χ3n) is 2.29. The Morgan fingerprint density at radius 3 is 2.95 bits per heavy atom. The molecule has 0 aromatic carbocycles. The Hall–Kier alpha value is -1.38. The lowest BCUT2D eigenvalue weighted by atomic mass is 10.2. The molecule has 0 aliphatic rings.